The third-order valence-electron chi connectivity index (χ3n) is 4.04. The van der Waals surface area contributed by atoms with E-state index in [-0.39, 0.29) is 5.91 Å². The molecule has 0 aliphatic rings. The number of hydrogen-bond donors (Lipinski definition) is 1. The molecule has 0 saturated carbocycles. The summed E-state index contributed by atoms with van der Waals surface area (Å²) < 4.78 is 1.90. The van der Waals surface area contributed by atoms with E-state index in [4.69, 9.17) is 0 Å². The number of aromatic nitrogens is 3. The molecule has 1 aromatic carbocycles. The van der Waals surface area contributed by atoms with Crippen molar-refractivity contribution < 1.29 is 4.79 Å². The summed E-state index contributed by atoms with van der Waals surface area (Å²) in [7, 11) is 0. The second-order valence-corrected chi connectivity index (χ2v) is 6.09. The van der Waals surface area contributed by atoms with E-state index in [1.807, 2.05) is 55.8 Å². The molecule has 0 bridgehead atoms. The van der Waals surface area contributed by atoms with Gasteiger partial charge in [0, 0.05) is 17.1 Å². The van der Waals surface area contributed by atoms with Gasteiger partial charge in [0.2, 0.25) is 0 Å². The number of nitrogens with one attached hydrogen (secondary N) is 1. The van der Waals surface area contributed by atoms with Crippen molar-refractivity contribution in [1.82, 2.24) is 14.8 Å². The molecule has 5 nitrogen and oxygen atoms in total. The van der Waals surface area contributed by atoms with Crippen LogP contribution < -0.4 is 5.32 Å². The Hall–Kier alpha value is -2.95. The fraction of sp³-hybridized carbons (Fsp3) is 0.250. The lowest BCUT2D eigenvalue weighted by atomic mass is 10.1. The van der Waals surface area contributed by atoms with Crippen molar-refractivity contribution >= 4 is 11.6 Å². The average molecular weight is 334 g/mol. The molecule has 0 saturated heterocycles. The summed E-state index contributed by atoms with van der Waals surface area (Å²) in [6, 6.07) is 13.9. The standard InChI is InChI=1S/C20H22N4O/c1-4-19-18(12-21-24(19)13-16-8-6-5-7-9-16)20(25)23-17-10-14(2)22-15(3)11-17/h5-12H,4,13H2,1-3H3,(H,22,23,25). The first-order valence-corrected chi connectivity index (χ1v) is 8.42. The van der Waals surface area contributed by atoms with Crippen LogP contribution in [0, 0.1) is 13.8 Å². The second kappa shape index (κ2) is 7.30. The Morgan fingerprint density at radius 1 is 1.12 bits per heavy atom. The lowest BCUT2D eigenvalue weighted by molar-refractivity contribution is 0.102. The van der Waals surface area contributed by atoms with Crippen LogP contribution in [-0.4, -0.2) is 20.7 Å². The number of benzene rings is 1. The van der Waals surface area contributed by atoms with Crippen LogP contribution in [-0.2, 0) is 13.0 Å². The van der Waals surface area contributed by atoms with Crippen molar-refractivity contribution in [3.63, 3.8) is 0 Å². The Bertz CT molecular complexity index is 864. The molecule has 0 fully saturated rings. The number of nitrogens with zero attached hydrogens (tertiary/aromatic N) is 3. The number of amides is 1. The Morgan fingerprint density at radius 2 is 1.80 bits per heavy atom. The van der Waals surface area contributed by atoms with Gasteiger partial charge in [-0.25, -0.2) is 0 Å². The number of aryl methyl sites for hydroxylation is 2. The number of rotatable bonds is 5. The van der Waals surface area contributed by atoms with Crippen molar-refractivity contribution in [1.29, 1.82) is 0 Å². The van der Waals surface area contributed by atoms with Crippen molar-refractivity contribution in [2.45, 2.75) is 33.7 Å². The molecule has 0 unspecified atom stereocenters. The van der Waals surface area contributed by atoms with Gasteiger partial charge in [-0.05, 0) is 38.0 Å². The molecule has 1 N–H and O–H groups in total. The molecule has 2 aromatic heterocycles. The monoisotopic (exact) mass is 334 g/mol. The Labute approximate surface area is 147 Å². The molecule has 1 amide bonds. The normalized spacial score (nSPS) is 10.7. The third-order valence-corrected chi connectivity index (χ3v) is 4.04. The molecule has 3 aromatic rings. The topological polar surface area (TPSA) is 59.8 Å². The second-order valence-electron chi connectivity index (χ2n) is 6.09. The van der Waals surface area contributed by atoms with Crippen molar-refractivity contribution in [3.05, 3.63) is 76.9 Å². The summed E-state index contributed by atoms with van der Waals surface area (Å²) in [5.41, 5.74) is 5.23. The van der Waals surface area contributed by atoms with Crippen LogP contribution in [0.2, 0.25) is 0 Å². The summed E-state index contributed by atoms with van der Waals surface area (Å²) in [5.74, 6) is -0.138. The van der Waals surface area contributed by atoms with Crippen molar-refractivity contribution in [3.8, 4) is 0 Å². The largest absolute Gasteiger partial charge is 0.322 e. The number of carbonyl (C=O) groups excluding carboxylic acids is 1. The summed E-state index contributed by atoms with van der Waals surface area (Å²) >= 11 is 0. The van der Waals surface area contributed by atoms with E-state index in [0.717, 1.165) is 34.8 Å². The van der Waals surface area contributed by atoms with E-state index in [1.54, 1.807) is 6.20 Å². The molecule has 25 heavy (non-hydrogen) atoms. The zero-order chi connectivity index (χ0) is 17.8. The molecule has 0 aliphatic carbocycles. The lowest BCUT2D eigenvalue weighted by Gasteiger charge is -2.09. The first kappa shape index (κ1) is 16.9. The predicted octanol–water partition coefficient (Wildman–Crippen LogP) is 3.76. The highest BCUT2D eigenvalue weighted by Gasteiger charge is 2.17. The van der Waals surface area contributed by atoms with Crippen LogP contribution in [0.4, 0.5) is 5.69 Å². The molecule has 3 rings (SSSR count). The van der Waals surface area contributed by atoms with Crippen LogP contribution in [0.3, 0.4) is 0 Å². The molecular weight excluding hydrogens is 312 g/mol. The van der Waals surface area contributed by atoms with Crippen LogP contribution in [0.15, 0.2) is 48.7 Å². The van der Waals surface area contributed by atoms with Gasteiger partial charge in [-0.1, -0.05) is 37.3 Å². The molecule has 0 spiro atoms. The van der Waals surface area contributed by atoms with Crippen LogP contribution >= 0.6 is 0 Å². The summed E-state index contributed by atoms with van der Waals surface area (Å²) in [6.45, 7) is 6.52. The molecule has 5 heteroatoms. The van der Waals surface area contributed by atoms with Crippen LogP contribution in [0.25, 0.3) is 0 Å². The van der Waals surface area contributed by atoms with Crippen molar-refractivity contribution in [2.24, 2.45) is 0 Å². The Balaban J connectivity index is 1.83. The van der Waals surface area contributed by atoms with Gasteiger partial charge in [-0.2, -0.15) is 5.10 Å². The first-order chi connectivity index (χ1) is 12.1. The SMILES string of the molecule is CCc1c(C(=O)Nc2cc(C)nc(C)c2)cnn1Cc1ccccc1. The molecule has 2 heterocycles. The van der Waals surface area contributed by atoms with Gasteiger partial charge in [0.1, 0.15) is 0 Å². The lowest BCUT2D eigenvalue weighted by Crippen LogP contribution is -2.15. The molecule has 128 valence electrons. The van der Waals surface area contributed by atoms with Crippen LogP contribution in [0.1, 0.15) is 39.9 Å². The quantitative estimate of drug-likeness (QED) is 0.773. The number of carbonyl (C=O) groups is 1. The minimum atomic E-state index is -0.138. The van der Waals surface area contributed by atoms with Crippen LogP contribution in [0.5, 0.6) is 0 Å². The van der Waals surface area contributed by atoms with Gasteiger partial charge in [0.15, 0.2) is 0 Å². The van der Waals surface area contributed by atoms with E-state index in [2.05, 4.69) is 27.5 Å². The molecular formula is C20H22N4O. The minimum Gasteiger partial charge on any atom is -0.322 e. The smallest absolute Gasteiger partial charge is 0.259 e. The first-order valence-electron chi connectivity index (χ1n) is 8.42. The maximum absolute atomic E-state index is 12.7. The maximum Gasteiger partial charge on any atom is 0.259 e. The van der Waals surface area contributed by atoms with Gasteiger partial charge in [-0.3, -0.25) is 14.5 Å². The zero-order valence-corrected chi connectivity index (χ0v) is 14.8. The van der Waals surface area contributed by atoms with E-state index < -0.39 is 0 Å². The predicted molar refractivity (Wildman–Crippen MR) is 98.8 cm³/mol. The Morgan fingerprint density at radius 3 is 2.44 bits per heavy atom. The van der Waals surface area contributed by atoms with Gasteiger partial charge in [-0.15, -0.1) is 0 Å². The summed E-state index contributed by atoms with van der Waals surface area (Å²) in [5, 5.41) is 7.38. The van der Waals surface area contributed by atoms with Gasteiger partial charge >= 0.3 is 0 Å². The third kappa shape index (κ3) is 3.94. The van der Waals surface area contributed by atoms with E-state index in [1.165, 1.54) is 0 Å². The fourth-order valence-electron chi connectivity index (χ4n) is 2.97. The highest BCUT2D eigenvalue weighted by atomic mass is 16.1. The number of anilines is 1. The molecule has 0 radical (unpaired) electrons. The van der Waals surface area contributed by atoms with Gasteiger partial charge < -0.3 is 5.32 Å². The summed E-state index contributed by atoms with van der Waals surface area (Å²) in [4.78, 5) is 17.0. The zero-order valence-electron chi connectivity index (χ0n) is 14.8. The Kier molecular flexibility index (Phi) is 4.93. The average Bonchev–Trinajstić information content (AvgIpc) is 2.97. The molecule has 0 atom stereocenters. The highest BCUT2D eigenvalue weighted by Crippen LogP contribution is 2.16. The van der Waals surface area contributed by atoms with E-state index in [0.29, 0.717) is 12.1 Å². The minimum absolute atomic E-state index is 0.138. The molecule has 0 aliphatic heterocycles. The number of hydrogen-bond acceptors (Lipinski definition) is 3. The van der Waals surface area contributed by atoms with E-state index in [9.17, 15) is 4.79 Å². The summed E-state index contributed by atoms with van der Waals surface area (Å²) in [6.07, 6.45) is 2.39. The van der Waals surface area contributed by atoms with Gasteiger partial charge in [0.25, 0.3) is 5.91 Å². The van der Waals surface area contributed by atoms with E-state index >= 15 is 0 Å². The maximum atomic E-state index is 12.7. The van der Waals surface area contributed by atoms with Crippen molar-refractivity contribution in [2.75, 3.05) is 5.32 Å². The highest BCUT2D eigenvalue weighted by molar-refractivity contribution is 6.05. The number of pyridine rings is 1. The fourth-order valence-corrected chi connectivity index (χ4v) is 2.97. The van der Waals surface area contributed by atoms with Gasteiger partial charge in [0.05, 0.1) is 24.0 Å².